The van der Waals surface area contributed by atoms with Gasteiger partial charge in [-0.05, 0) is 19.1 Å². The van der Waals surface area contributed by atoms with Gasteiger partial charge in [0.1, 0.15) is 5.78 Å². The number of carbonyl (C=O) groups excluding carboxylic acids is 2. The van der Waals surface area contributed by atoms with Gasteiger partial charge >= 0.3 is 0 Å². The first-order valence-corrected chi connectivity index (χ1v) is 4.76. The van der Waals surface area contributed by atoms with E-state index in [9.17, 15) is 9.59 Å². The molecule has 0 heterocycles. The Morgan fingerprint density at radius 2 is 1.86 bits per heavy atom. The molecule has 1 aromatic carbocycles. The summed E-state index contributed by atoms with van der Waals surface area (Å²) in [5.41, 5.74) is 0.496. The quantitative estimate of drug-likeness (QED) is 0.717. The minimum atomic E-state index is -0.0780. The minimum Gasteiger partial charge on any atom is -0.300 e. The number of halogens is 1. The summed E-state index contributed by atoms with van der Waals surface area (Å²) in [5.74, 6) is -0.0591. The molecule has 0 N–H and O–H groups in total. The lowest BCUT2D eigenvalue weighted by Crippen LogP contribution is -2.02. The van der Waals surface area contributed by atoms with E-state index in [0.29, 0.717) is 10.6 Å². The van der Waals surface area contributed by atoms with Crippen molar-refractivity contribution in [2.45, 2.75) is 19.8 Å². The van der Waals surface area contributed by atoms with Crippen LogP contribution in [0.5, 0.6) is 0 Å². The molecule has 0 spiro atoms. The predicted molar refractivity (Wildman–Crippen MR) is 55.7 cm³/mol. The van der Waals surface area contributed by atoms with Gasteiger partial charge in [-0.15, -0.1) is 0 Å². The highest BCUT2D eigenvalue weighted by Gasteiger charge is 2.09. The van der Waals surface area contributed by atoms with E-state index in [0.717, 1.165) is 0 Å². The van der Waals surface area contributed by atoms with Gasteiger partial charge in [0.05, 0.1) is 5.02 Å². The normalized spacial score (nSPS) is 9.86. The van der Waals surface area contributed by atoms with E-state index in [1.807, 2.05) is 0 Å². The number of ketones is 2. The smallest absolute Gasteiger partial charge is 0.164 e. The molecule has 14 heavy (non-hydrogen) atoms. The number of benzene rings is 1. The molecule has 3 heteroatoms. The Morgan fingerprint density at radius 1 is 1.21 bits per heavy atom. The Balaban J connectivity index is 2.70. The second kappa shape index (κ2) is 4.91. The van der Waals surface area contributed by atoms with Gasteiger partial charge in [-0.3, -0.25) is 4.79 Å². The molecule has 0 atom stereocenters. The Morgan fingerprint density at radius 3 is 2.43 bits per heavy atom. The van der Waals surface area contributed by atoms with Gasteiger partial charge in [0.2, 0.25) is 0 Å². The molecule has 74 valence electrons. The number of hydrogen-bond donors (Lipinski definition) is 0. The first-order valence-electron chi connectivity index (χ1n) is 4.38. The fourth-order valence-electron chi connectivity index (χ4n) is 1.11. The van der Waals surface area contributed by atoms with Crippen molar-refractivity contribution >= 4 is 23.2 Å². The highest BCUT2D eigenvalue weighted by Crippen LogP contribution is 2.17. The molecule has 1 aromatic rings. The van der Waals surface area contributed by atoms with E-state index in [1.165, 1.54) is 6.92 Å². The van der Waals surface area contributed by atoms with Crippen molar-refractivity contribution in [2.24, 2.45) is 0 Å². The predicted octanol–water partition coefficient (Wildman–Crippen LogP) is 2.89. The minimum absolute atomic E-state index is 0.0189. The topological polar surface area (TPSA) is 34.1 Å². The zero-order chi connectivity index (χ0) is 10.6. The molecular weight excluding hydrogens is 200 g/mol. The third-order valence-corrected chi connectivity index (χ3v) is 2.21. The molecule has 0 aliphatic rings. The summed E-state index contributed by atoms with van der Waals surface area (Å²) in [6.45, 7) is 1.47. The molecule has 0 aliphatic heterocycles. The molecule has 0 saturated heterocycles. The van der Waals surface area contributed by atoms with Gasteiger partial charge in [0.15, 0.2) is 5.78 Å². The monoisotopic (exact) mass is 210 g/mol. The first kappa shape index (κ1) is 10.9. The van der Waals surface area contributed by atoms with Crippen molar-refractivity contribution in [1.29, 1.82) is 0 Å². The summed E-state index contributed by atoms with van der Waals surface area (Å²) in [6.07, 6.45) is 0.517. The molecule has 0 fully saturated rings. The van der Waals surface area contributed by atoms with E-state index < -0.39 is 0 Å². The zero-order valence-corrected chi connectivity index (χ0v) is 8.67. The van der Waals surface area contributed by atoms with Crippen molar-refractivity contribution in [3.63, 3.8) is 0 Å². The molecule has 0 aromatic heterocycles. The summed E-state index contributed by atoms with van der Waals surface area (Å²) < 4.78 is 0. The van der Waals surface area contributed by atoms with Crippen LogP contribution in [0.1, 0.15) is 30.1 Å². The molecule has 2 nitrogen and oxygen atoms in total. The van der Waals surface area contributed by atoms with Crippen LogP contribution in [0.15, 0.2) is 24.3 Å². The Kier molecular flexibility index (Phi) is 3.84. The lowest BCUT2D eigenvalue weighted by molar-refractivity contribution is -0.116. The SMILES string of the molecule is CC(=O)CCC(=O)c1ccccc1Cl. The average Bonchev–Trinajstić information content (AvgIpc) is 2.15. The van der Waals surface area contributed by atoms with E-state index in [-0.39, 0.29) is 24.4 Å². The molecule has 1 rings (SSSR count). The second-order valence-electron chi connectivity index (χ2n) is 3.11. The van der Waals surface area contributed by atoms with Crippen molar-refractivity contribution in [3.05, 3.63) is 34.9 Å². The van der Waals surface area contributed by atoms with Gasteiger partial charge < -0.3 is 4.79 Å². The fraction of sp³-hybridized carbons (Fsp3) is 0.273. The van der Waals surface area contributed by atoms with Crippen LogP contribution in [0.3, 0.4) is 0 Å². The Hall–Kier alpha value is -1.15. The molecule has 0 radical (unpaired) electrons. The van der Waals surface area contributed by atoms with Crippen LogP contribution >= 0.6 is 11.6 Å². The molecule has 0 unspecified atom stereocenters. The van der Waals surface area contributed by atoms with Crippen LogP contribution in [0, 0.1) is 0 Å². The maximum atomic E-state index is 11.5. The summed E-state index contributed by atoms with van der Waals surface area (Å²) in [5, 5.41) is 0.445. The molecule has 0 bridgehead atoms. The number of rotatable bonds is 4. The van der Waals surface area contributed by atoms with E-state index in [1.54, 1.807) is 24.3 Å². The van der Waals surface area contributed by atoms with Gasteiger partial charge in [-0.1, -0.05) is 23.7 Å². The van der Waals surface area contributed by atoms with Crippen molar-refractivity contribution in [1.82, 2.24) is 0 Å². The molecule has 0 saturated carbocycles. The second-order valence-corrected chi connectivity index (χ2v) is 3.51. The Labute approximate surface area is 87.9 Å². The molecule has 0 amide bonds. The molecular formula is C11H11ClO2. The van der Waals surface area contributed by atoms with E-state index in [2.05, 4.69) is 0 Å². The van der Waals surface area contributed by atoms with Crippen LogP contribution in [-0.2, 0) is 4.79 Å². The largest absolute Gasteiger partial charge is 0.300 e. The van der Waals surface area contributed by atoms with Crippen LogP contribution in [0.4, 0.5) is 0 Å². The van der Waals surface area contributed by atoms with E-state index in [4.69, 9.17) is 11.6 Å². The van der Waals surface area contributed by atoms with Crippen molar-refractivity contribution < 1.29 is 9.59 Å². The maximum Gasteiger partial charge on any atom is 0.164 e. The zero-order valence-electron chi connectivity index (χ0n) is 7.92. The van der Waals surface area contributed by atoms with Crippen LogP contribution in [-0.4, -0.2) is 11.6 Å². The lowest BCUT2D eigenvalue weighted by Gasteiger charge is -2.01. The highest BCUT2D eigenvalue weighted by atomic mass is 35.5. The van der Waals surface area contributed by atoms with Crippen LogP contribution in [0.25, 0.3) is 0 Å². The summed E-state index contributed by atoms with van der Waals surface area (Å²) >= 11 is 5.83. The lowest BCUT2D eigenvalue weighted by atomic mass is 10.1. The van der Waals surface area contributed by atoms with E-state index >= 15 is 0 Å². The highest BCUT2D eigenvalue weighted by molar-refractivity contribution is 6.34. The summed E-state index contributed by atoms with van der Waals surface area (Å²) in [6, 6.07) is 6.87. The van der Waals surface area contributed by atoms with Gasteiger partial charge in [-0.2, -0.15) is 0 Å². The standard InChI is InChI=1S/C11H11ClO2/c1-8(13)6-7-11(14)9-4-2-3-5-10(9)12/h2-5H,6-7H2,1H3. The van der Waals surface area contributed by atoms with Crippen molar-refractivity contribution in [3.8, 4) is 0 Å². The van der Waals surface area contributed by atoms with Crippen LogP contribution < -0.4 is 0 Å². The number of Topliss-reactive ketones (excluding diaryl/α,β-unsaturated/α-hetero) is 2. The van der Waals surface area contributed by atoms with Gasteiger partial charge in [0, 0.05) is 18.4 Å². The maximum absolute atomic E-state index is 11.5. The number of hydrogen-bond acceptors (Lipinski definition) is 2. The number of carbonyl (C=O) groups is 2. The van der Waals surface area contributed by atoms with Crippen molar-refractivity contribution in [2.75, 3.05) is 0 Å². The summed E-state index contributed by atoms with van der Waals surface area (Å²) in [4.78, 5) is 22.2. The van der Waals surface area contributed by atoms with Gasteiger partial charge in [0.25, 0.3) is 0 Å². The Bertz CT molecular complexity index is 358. The average molecular weight is 211 g/mol. The third kappa shape index (κ3) is 2.96. The molecule has 0 aliphatic carbocycles. The van der Waals surface area contributed by atoms with Crippen LogP contribution in [0.2, 0.25) is 5.02 Å². The summed E-state index contributed by atoms with van der Waals surface area (Å²) in [7, 11) is 0. The first-order chi connectivity index (χ1) is 6.61. The third-order valence-electron chi connectivity index (χ3n) is 1.88. The van der Waals surface area contributed by atoms with Gasteiger partial charge in [-0.25, -0.2) is 0 Å². The fourth-order valence-corrected chi connectivity index (χ4v) is 1.35.